The van der Waals surface area contributed by atoms with Crippen LogP contribution in [0.15, 0.2) is 30.3 Å². The summed E-state index contributed by atoms with van der Waals surface area (Å²) in [6.07, 6.45) is 2.61. The number of carbonyl (C=O) groups excluding carboxylic acids is 1. The lowest BCUT2D eigenvalue weighted by Gasteiger charge is -2.37. The smallest absolute Gasteiger partial charge is 0.329 e. The number of rotatable bonds is 3. The number of anilines is 1. The Morgan fingerprint density at radius 2 is 1.81 bits per heavy atom. The minimum Gasteiger partial charge on any atom is -0.480 e. The van der Waals surface area contributed by atoms with Crippen molar-refractivity contribution >= 4 is 17.7 Å². The van der Waals surface area contributed by atoms with E-state index in [1.165, 1.54) is 4.90 Å². The minimum absolute atomic E-state index is 0.377. The van der Waals surface area contributed by atoms with Crippen LogP contribution in [0.3, 0.4) is 0 Å². The molecule has 1 fully saturated rings. The molecular formula is C16H22N2O3. The topological polar surface area (TPSA) is 69.6 Å². The van der Waals surface area contributed by atoms with Gasteiger partial charge >= 0.3 is 12.0 Å². The highest BCUT2D eigenvalue weighted by atomic mass is 16.4. The Labute approximate surface area is 125 Å². The molecule has 5 heteroatoms. The molecule has 1 saturated carbocycles. The third-order valence-corrected chi connectivity index (χ3v) is 4.33. The van der Waals surface area contributed by atoms with Gasteiger partial charge in [0.15, 0.2) is 0 Å². The van der Waals surface area contributed by atoms with E-state index in [2.05, 4.69) is 12.2 Å². The zero-order valence-corrected chi connectivity index (χ0v) is 12.5. The molecule has 0 bridgehead atoms. The molecule has 0 aromatic heterocycles. The van der Waals surface area contributed by atoms with Gasteiger partial charge in [0.2, 0.25) is 0 Å². The van der Waals surface area contributed by atoms with E-state index in [0.29, 0.717) is 18.8 Å². The van der Waals surface area contributed by atoms with Crippen LogP contribution in [-0.4, -0.2) is 29.7 Å². The second-order valence-electron chi connectivity index (χ2n) is 5.89. The third-order valence-electron chi connectivity index (χ3n) is 4.33. The number of benzene rings is 1. The molecule has 114 valence electrons. The first-order valence-corrected chi connectivity index (χ1v) is 7.29. The standard InChI is InChI=1S/C16H22N2O3/c1-12-8-10-16(11-9-12,14(19)20)17-15(21)18(2)13-6-4-3-5-7-13/h3-7,12H,8-11H2,1-2H3,(H,17,21)(H,19,20). The van der Waals surface area contributed by atoms with Crippen LogP contribution in [0, 0.1) is 5.92 Å². The highest BCUT2D eigenvalue weighted by Gasteiger charge is 2.43. The Bertz CT molecular complexity index is 508. The van der Waals surface area contributed by atoms with Crippen molar-refractivity contribution in [1.29, 1.82) is 0 Å². The first-order valence-electron chi connectivity index (χ1n) is 7.29. The highest BCUT2D eigenvalue weighted by molar-refractivity contribution is 5.95. The molecule has 0 spiro atoms. The van der Waals surface area contributed by atoms with Crippen LogP contribution in [0.1, 0.15) is 32.6 Å². The SMILES string of the molecule is CC1CCC(NC(=O)N(C)c2ccccc2)(C(=O)O)CC1. The maximum atomic E-state index is 12.4. The molecule has 5 nitrogen and oxygen atoms in total. The van der Waals surface area contributed by atoms with Gasteiger partial charge in [-0.3, -0.25) is 4.90 Å². The van der Waals surface area contributed by atoms with E-state index in [1.54, 1.807) is 7.05 Å². The van der Waals surface area contributed by atoms with Gasteiger partial charge in [0.05, 0.1) is 0 Å². The number of amides is 2. The summed E-state index contributed by atoms with van der Waals surface area (Å²) >= 11 is 0. The maximum Gasteiger partial charge on any atom is 0.329 e. The predicted molar refractivity (Wildman–Crippen MR) is 81.4 cm³/mol. The van der Waals surface area contributed by atoms with Crippen molar-refractivity contribution < 1.29 is 14.7 Å². The summed E-state index contributed by atoms with van der Waals surface area (Å²) in [4.78, 5) is 25.4. The van der Waals surface area contributed by atoms with Crippen LogP contribution >= 0.6 is 0 Å². The fraction of sp³-hybridized carbons (Fsp3) is 0.500. The summed E-state index contributed by atoms with van der Waals surface area (Å²) in [5.41, 5.74) is -0.396. The van der Waals surface area contributed by atoms with Gasteiger partial charge in [0, 0.05) is 12.7 Å². The second kappa shape index (κ2) is 6.16. The Morgan fingerprint density at radius 1 is 1.24 bits per heavy atom. The lowest BCUT2D eigenvalue weighted by molar-refractivity contribution is -0.146. The molecule has 0 radical (unpaired) electrons. The molecule has 2 rings (SSSR count). The van der Waals surface area contributed by atoms with Crippen LogP contribution in [0.4, 0.5) is 10.5 Å². The van der Waals surface area contributed by atoms with Gasteiger partial charge in [-0.05, 0) is 43.7 Å². The Morgan fingerprint density at radius 3 is 2.33 bits per heavy atom. The molecule has 21 heavy (non-hydrogen) atoms. The van der Waals surface area contributed by atoms with Gasteiger partial charge in [-0.15, -0.1) is 0 Å². The summed E-state index contributed by atoms with van der Waals surface area (Å²) in [5, 5.41) is 12.3. The fourth-order valence-corrected chi connectivity index (χ4v) is 2.70. The number of carboxylic acid groups (broad SMARTS) is 1. The van der Waals surface area contributed by atoms with Gasteiger partial charge in [-0.2, -0.15) is 0 Å². The molecule has 0 heterocycles. The lowest BCUT2D eigenvalue weighted by Crippen LogP contribution is -2.58. The van der Waals surface area contributed by atoms with Crippen molar-refractivity contribution in [2.45, 2.75) is 38.1 Å². The van der Waals surface area contributed by atoms with Crippen LogP contribution < -0.4 is 10.2 Å². The van der Waals surface area contributed by atoms with Crippen LogP contribution in [0.25, 0.3) is 0 Å². The molecule has 1 aromatic carbocycles. The Kier molecular flexibility index (Phi) is 4.50. The maximum absolute atomic E-state index is 12.4. The number of carboxylic acids is 1. The first kappa shape index (κ1) is 15.4. The van der Waals surface area contributed by atoms with Crippen molar-refractivity contribution in [3.63, 3.8) is 0 Å². The average Bonchev–Trinajstić information content (AvgIpc) is 2.49. The Balaban J connectivity index is 2.10. The number of nitrogens with zero attached hydrogens (tertiary/aromatic N) is 1. The fourth-order valence-electron chi connectivity index (χ4n) is 2.70. The van der Waals surface area contributed by atoms with Crippen LogP contribution in [0.2, 0.25) is 0 Å². The largest absolute Gasteiger partial charge is 0.480 e. The van der Waals surface area contributed by atoms with E-state index >= 15 is 0 Å². The summed E-state index contributed by atoms with van der Waals surface area (Å²) < 4.78 is 0. The van der Waals surface area contributed by atoms with Crippen molar-refractivity contribution in [2.75, 3.05) is 11.9 Å². The zero-order chi connectivity index (χ0) is 15.5. The molecular weight excluding hydrogens is 268 g/mol. The van der Waals surface area contributed by atoms with E-state index in [-0.39, 0.29) is 6.03 Å². The molecule has 0 unspecified atom stereocenters. The third kappa shape index (κ3) is 3.35. The van der Waals surface area contributed by atoms with Crippen molar-refractivity contribution in [3.8, 4) is 0 Å². The van der Waals surface area contributed by atoms with E-state index < -0.39 is 11.5 Å². The monoisotopic (exact) mass is 290 g/mol. The number of nitrogens with one attached hydrogen (secondary N) is 1. The molecule has 1 aromatic rings. The summed E-state index contributed by atoms with van der Waals surface area (Å²) in [6, 6.07) is 8.81. The number of aliphatic carboxylic acids is 1. The molecule has 2 N–H and O–H groups in total. The van der Waals surface area contributed by atoms with Gasteiger partial charge in [-0.1, -0.05) is 25.1 Å². The van der Waals surface area contributed by atoms with Crippen molar-refractivity contribution in [3.05, 3.63) is 30.3 Å². The zero-order valence-electron chi connectivity index (χ0n) is 12.5. The van der Waals surface area contributed by atoms with E-state index in [1.807, 2.05) is 30.3 Å². The Hall–Kier alpha value is -2.04. The second-order valence-corrected chi connectivity index (χ2v) is 5.89. The minimum atomic E-state index is -1.13. The van der Waals surface area contributed by atoms with Crippen molar-refractivity contribution in [1.82, 2.24) is 5.32 Å². The quantitative estimate of drug-likeness (QED) is 0.899. The molecule has 0 saturated heterocycles. The number of hydrogen-bond donors (Lipinski definition) is 2. The first-order chi connectivity index (χ1) is 9.94. The van der Waals surface area contributed by atoms with Gasteiger partial charge in [-0.25, -0.2) is 9.59 Å². The van der Waals surface area contributed by atoms with Gasteiger partial charge in [0.1, 0.15) is 5.54 Å². The molecule has 1 aliphatic carbocycles. The number of urea groups is 1. The molecule has 2 amide bonds. The normalized spacial score (nSPS) is 25.1. The highest BCUT2D eigenvalue weighted by Crippen LogP contribution is 2.32. The number of hydrogen-bond acceptors (Lipinski definition) is 2. The molecule has 0 atom stereocenters. The predicted octanol–water partition coefficient (Wildman–Crippen LogP) is 2.87. The average molecular weight is 290 g/mol. The molecule has 1 aliphatic rings. The van der Waals surface area contributed by atoms with Gasteiger partial charge < -0.3 is 10.4 Å². The summed E-state index contributed by atoms with van der Waals surface area (Å²) in [6.45, 7) is 2.11. The van der Waals surface area contributed by atoms with Crippen LogP contribution in [-0.2, 0) is 4.79 Å². The van der Waals surface area contributed by atoms with Crippen LogP contribution in [0.5, 0.6) is 0 Å². The summed E-state index contributed by atoms with van der Waals surface area (Å²) in [7, 11) is 1.64. The van der Waals surface area contributed by atoms with Crippen molar-refractivity contribution in [2.24, 2.45) is 5.92 Å². The van der Waals surface area contributed by atoms with E-state index in [0.717, 1.165) is 18.5 Å². The van der Waals surface area contributed by atoms with E-state index in [9.17, 15) is 14.7 Å². The summed E-state index contributed by atoms with van der Waals surface area (Å²) in [5.74, 6) is -0.426. The van der Waals surface area contributed by atoms with Gasteiger partial charge in [0.25, 0.3) is 0 Å². The van der Waals surface area contributed by atoms with E-state index in [4.69, 9.17) is 0 Å². The number of carbonyl (C=O) groups is 2. The number of para-hydroxylation sites is 1. The molecule has 0 aliphatic heterocycles. The lowest BCUT2D eigenvalue weighted by atomic mass is 9.77.